The Hall–Kier alpha value is -0.610. The predicted molar refractivity (Wildman–Crippen MR) is 68.9 cm³/mol. The molecule has 0 aliphatic carbocycles. The first-order valence-electron chi connectivity index (χ1n) is 6.74. The minimum atomic E-state index is 0.221. The third-order valence-corrected chi connectivity index (χ3v) is 4.31. The van der Waals surface area contributed by atoms with Gasteiger partial charge in [-0.3, -0.25) is 9.69 Å². The van der Waals surface area contributed by atoms with Gasteiger partial charge in [0.2, 0.25) is 5.91 Å². The normalized spacial score (nSPS) is 32.1. The second kappa shape index (κ2) is 5.36. The summed E-state index contributed by atoms with van der Waals surface area (Å²) in [5.41, 5.74) is 0. The number of piperazine rings is 1. The minimum absolute atomic E-state index is 0.221. The van der Waals surface area contributed by atoms with Crippen molar-refractivity contribution in [2.75, 3.05) is 46.3 Å². The van der Waals surface area contributed by atoms with E-state index in [0.29, 0.717) is 0 Å². The molecule has 4 nitrogen and oxygen atoms in total. The molecule has 2 heterocycles. The number of rotatable bonds is 2. The van der Waals surface area contributed by atoms with Crippen molar-refractivity contribution in [3.63, 3.8) is 0 Å². The van der Waals surface area contributed by atoms with Gasteiger partial charge in [0.15, 0.2) is 0 Å². The molecular weight excluding hydrogens is 214 g/mol. The van der Waals surface area contributed by atoms with Gasteiger partial charge >= 0.3 is 0 Å². The molecule has 0 aromatic heterocycles. The topological polar surface area (TPSA) is 26.8 Å². The highest BCUT2D eigenvalue weighted by atomic mass is 16.2. The molecule has 4 heteroatoms. The lowest BCUT2D eigenvalue weighted by atomic mass is 10.1. The largest absolute Gasteiger partial charge is 0.340 e. The zero-order valence-corrected chi connectivity index (χ0v) is 11.4. The standard InChI is InChI=1S/C13H25N3O/c1-11-8-13(9-14(11)3)10-15-4-6-16(7-5-15)12(2)17/h11,13H,4-10H2,1-3H3. The van der Waals surface area contributed by atoms with Crippen LogP contribution in [0.25, 0.3) is 0 Å². The molecule has 2 atom stereocenters. The van der Waals surface area contributed by atoms with E-state index in [1.165, 1.54) is 19.5 Å². The molecule has 0 bridgehead atoms. The summed E-state index contributed by atoms with van der Waals surface area (Å²) in [5, 5.41) is 0. The summed E-state index contributed by atoms with van der Waals surface area (Å²) in [6.45, 7) is 10.3. The monoisotopic (exact) mass is 239 g/mol. The van der Waals surface area contributed by atoms with Crippen LogP contribution in [0.3, 0.4) is 0 Å². The van der Waals surface area contributed by atoms with Crippen molar-refractivity contribution in [3.05, 3.63) is 0 Å². The molecule has 0 aromatic carbocycles. The summed E-state index contributed by atoms with van der Waals surface area (Å²) < 4.78 is 0. The number of carbonyl (C=O) groups excluding carboxylic acids is 1. The second-order valence-electron chi connectivity index (χ2n) is 5.70. The molecule has 0 radical (unpaired) electrons. The van der Waals surface area contributed by atoms with Crippen LogP contribution < -0.4 is 0 Å². The molecule has 2 rings (SSSR count). The molecule has 2 aliphatic heterocycles. The van der Waals surface area contributed by atoms with Crippen molar-refractivity contribution in [3.8, 4) is 0 Å². The number of hydrogen-bond acceptors (Lipinski definition) is 3. The summed E-state index contributed by atoms with van der Waals surface area (Å²) in [5.74, 6) is 1.04. The summed E-state index contributed by atoms with van der Waals surface area (Å²) in [6.07, 6.45) is 1.32. The van der Waals surface area contributed by atoms with Crippen LogP contribution in [-0.4, -0.2) is 73.0 Å². The molecule has 98 valence electrons. The van der Waals surface area contributed by atoms with Gasteiger partial charge in [-0.1, -0.05) is 0 Å². The van der Waals surface area contributed by atoms with Crippen LogP contribution in [0.15, 0.2) is 0 Å². The Bertz CT molecular complexity index is 264. The van der Waals surface area contributed by atoms with E-state index in [-0.39, 0.29) is 5.91 Å². The van der Waals surface area contributed by atoms with E-state index in [0.717, 1.165) is 38.1 Å². The smallest absolute Gasteiger partial charge is 0.219 e. The van der Waals surface area contributed by atoms with E-state index >= 15 is 0 Å². The average molecular weight is 239 g/mol. The van der Waals surface area contributed by atoms with Gasteiger partial charge in [-0.15, -0.1) is 0 Å². The first-order chi connectivity index (χ1) is 8.06. The quantitative estimate of drug-likeness (QED) is 0.702. The van der Waals surface area contributed by atoms with Crippen molar-refractivity contribution in [1.82, 2.24) is 14.7 Å². The molecule has 2 fully saturated rings. The lowest BCUT2D eigenvalue weighted by Gasteiger charge is -2.35. The van der Waals surface area contributed by atoms with Crippen LogP contribution in [0, 0.1) is 5.92 Å². The first-order valence-corrected chi connectivity index (χ1v) is 6.74. The molecule has 0 aromatic rings. The Morgan fingerprint density at radius 2 is 1.88 bits per heavy atom. The van der Waals surface area contributed by atoms with Gasteiger partial charge in [-0.25, -0.2) is 0 Å². The fourth-order valence-electron chi connectivity index (χ4n) is 3.07. The van der Waals surface area contributed by atoms with Gasteiger partial charge in [0, 0.05) is 52.2 Å². The second-order valence-corrected chi connectivity index (χ2v) is 5.70. The van der Waals surface area contributed by atoms with E-state index in [2.05, 4.69) is 23.8 Å². The highest BCUT2D eigenvalue weighted by Crippen LogP contribution is 2.22. The fourth-order valence-corrected chi connectivity index (χ4v) is 3.07. The molecule has 2 unspecified atom stereocenters. The highest BCUT2D eigenvalue weighted by molar-refractivity contribution is 5.73. The van der Waals surface area contributed by atoms with Crippen molar-refractivity contribution in [2.24, 2.45) is 5.92 Å². The predicted octanol–water partition coefficient (Wildman–Crippen LogP) is 0.491. The van der Waals surface area contributed by atoms with E-state index in [4.69, 9.17) is 0 Å². The number of carbonyl (C=O) groups is 1. The van der Waals surface area contributed by atoms with Crippen LogP contribution in [0.4, 0.5) is 0 Å². The van der Waals surface area contributed by atoms with E-state index in [9.17, 15) is 4.79 Å². The van der Waals surface area contributed by atoms with E-state index in [1.54, 1.807) is 6.92 Å². The third-order valence-electron chi connectivity index (χ3n) is 4.31. The lowest BCUT2D eigenvalue weighted by molar-refractivity contribution is -0.130. The van der Waals surface area contributed by atoms with Gasteiger partial charge in [-0.2, -0.15) is 0 Å². The first kappa shape index (κ1) is 12.8. The summed E-state index contributed by atoms with van der Waals surface area (Å²) in [6, 6.07) is 0.735. The van der Waals surface area contributed by atoms with Crippen LogP contribution in [0.2, 0.25) is 0 Å². The molecule has 17 heavy (non-hydrogen) atoms. The highest BCUT2D eigenvalue weighted by Gasteiger charge is 2.28. The molecule has 2 aliphatic rings. The van der Waals surface area contributed by atoms with Crippen molar-refractivity contribution >= 4 is 5.91 Å². The van der Waals surface area contributed by atoms with Crippen LogP contribution in [0.5, 0.6) is 0 Å². The SMILES string of the molecule is CC(=O)N1CCN(CC2CC(C)N(C)C2)CC1. The van der Waals surface area contributed by atoms with Crippen LogP contribution in [-0.2, 0) is 4.79 Å². The van der Waals surface area contributed by atoms with Crippen LogP contribution >= 0.6 is 0 Å². The van der Waals surface area contributed by atoms with Crippen molar-refractivity contribution < 1.29 is 4.79 Å². The van der Waals surface area contributed by atoms with E-state index in [1.807, 2.05) is 4.90 Å². The summed E-state index contributed by atoms with van der Waals surface area (Å²) in [7, 11) is 2.22. The molecule has 1 amide bonds. The van der Waals surface area contributed by atoms with Gasteiger partial charge in [0.25, 0.3) is 0 Å². The van der Waals surface area contributed by atoms with Crippen molar-refractivity contribution in [1.29, 1.82) is 0 Å². The van der Waals surface area contributed by atoms with Gasteiger partial charge in [0.1, 0.15) is 0 Å². The molecule has 2 saturated heterocycles. The van der Waals surface area contributed by atoms with Gasteiger partial charge in [0.05, 0.1) is 0 Å². The molecular formula is C13H25N3O. The Kier molecular flexibility index (Phi) is 4.05. The van der Waals surface area contributed by atoms with Crippen molar-refractivity contribution in [2.45, 2.75) is 26.3 Å². The molecule has 0 saturated carbocycles. The van der Waals surface area contributed by atoms with Gasteiger partial charge in [-0.05, 0) is 26.3 Å². The van der Waals surface area contributed by atoms with Crippen LogP contribution in [0.1, 0.15) is 20.3 Å². The summed E-state index contributed by atoms with van der Waals surface area (Å²) >= 11 is 0. The maximum atomic E-state index is 11.2. The zero-order valence-electron chi connectivity index (χ0n) is 11.4. The maximum Gasteiger partial charge on any atom is 0.219 e. The number of likely N-dealkylation sites (tertiary alicyclic amines) is 1. The maximum absolute atomic E-state index is 11.2. The van der Waals surface area contributed by atoms with Gasteiger partial charge < -0.3 is 9.80 Å². The number of nitrogens with zero attached hydrogens (tertiary/aromatic N) is 3. The third kappa shape index (κ3) is 3.19. The Morgan fingerprint density at radius 1 is 1.24 bits per heavy atom. The number of amides is 1. The Morgan fingerprint density at radius 3 is 2.35 bits per heavy atom. The lowest BCUT2D eigenvalue weighted by Crippen LogP contribution is -2.49. The molecule has 0 spiro atoms. The van der Waals surface area contributed by atoms with E-state index < -0.39 is 0 Å². The number of hydrogen-bond donors (Lipinski definition) is 0. The Balaban J connectivity index is 1.73. The minimum Gasteiger partial charge on any atom is -0.340 e. The zero-order chi connectivity index (χ0) is 12.4. The fraction of sp³-hybridized carbons (Fsp3) is 0.923. The Labute approximate surface area is 105 Å². The molecule has 0 N–H and O–H groups in total. The average Bonchev–Trinajstić information content (AvgIpc) is 2.58. The summed E-state index contributed by atoms with van der Waals surface area (Å²) in [4.78, 5) is 18.2.